The van der Waals surface area contributed by atoms with Gasteiger partial charge in [0.2, 0.25) is 0 Å². The highest BCUT2D eigenvalue weighted by molar-refractivity contribution is 7.26. The Bertz CT molecular complexity index is 2050. The summed E-state index contributed by atoms with van der Waals surface area (Å²) in [4.78, 5) is 0. The van der Waals surface area contributed by atoms with Crippen LogP contribution in [0.4, 0.5) is 0 Å². The fourth-order valence-electron chi connectivity index (χ4n) is 6.44. The van der Waals surface area contributed by atoms with E-state index in [0.29, 0.717) is 0 Å². The summed E-state index contributed by atoms with van der Waals surface area (Å²) in [5.41, 5.74) is 10.7. The molecule has 180 valence electrons. The molecule has 0 fully saturated rings. The zero-order valence-corrected chi connectivity index (χ0v) is 22.3. The van der Waals surface area contributed by atoms with Crippen molar-refractivity contribution in [1.82, 2.24) is 0 Å². The second kappa shape index (κ2) is 7.90. The average molecular weight is 503 g/mol. The van der Waals surface area contributed by atoms with Crippen LogP contribution in [0.5, 0.6) is 0 Å². The van der Waals surface area contributed by atoms with E-state index in [2.05, 4.69) is 135 Å². The predicted molar refractivity (Wildman–Crippen MR) is 165 cm³/mol. The second-order valence-electron chi connectivity index (χ2n) is 11.0. The Morgan fingerprint density at radius 3 is 2.05 bits per heavy atom. The fourth-order valence-corrected chi connectivity index (χ4v) is 7.68. The van der Waals surface area contributed by atoms with Gasteiger partial charge in [0.05, 0.1) is 0 Å². The van der Waals surface area contributed by atoms with Crippen LogP contribution in [0.15, 0.2) is 121 Å². The number of benzene rings is 6. The maximum absolute atomic E-state index is 2.43. The van der Waals surface area contributed by atoms with Gasteiger partial charge in [-0.05, 0) is 85.6 Å². The van der Waals surface area contributed by atoms with Gasteiger partial charge in [-0.2, -0.15) is 0 Å². The Kier molecular flexibility index (Phi) is 4.54. The Morgan fingerprint density at radius 1 is 0.474 bits per heavy atom. The third-order valence-electron chi connectivity index (χ3n) is 8.45. The van der Waals surface area contributed by atoms with Gasteiger partial charge in [-0.3, -0.25) is 0 Å². The van der Waals surface area contributed by atoms with Gasteiger partial charge in [-0.15, -0.1) is 11.3 Å². The van der Waals surface area contributed by atoms with Crippen molar-refractivity contribution < 1.29 is 0 Å². The van der Waals surface area contributed by atoms with Crippen molar-refractivity contribution in [2.45, 2.75) is 19.3 Å². The van der Waals surface area contributed by atoms with Crippen LogP contribution in [-0.4, -0.2) is 0 Å². The SMILES string of the molecule is CC1(C)c2cc(-c3cccc(-c4cccc5c4sc4ccccc45)c3)ccc2-c2cc3ccccc3cc21. The minimum atomic E-state index is -0.0367. The Balaban J connectivity index is 1.26. The fraction of sp³-hybridized carbons (Fsp3) is 0.0811. The first-order valence-electron chi connectivity index (χ1n) is 13.3. The van der Waals surface area contributed by atoms with Gasteiger partial charge in [-0.25, -0.2) is 0 Å². The minimum Gasteiger partial charge on any atom is -0.135 e. The molecule has 0 saturated heterocycles. The van der Waals surface area contributed by atoms with E-state index in [4.69, 9.17) is 0 Å². The zero-order chi connectivity index (χ0) is 25.4. The molecule has 1 heteroatoms. The molecular weight excluding hydrogens is 476 g/mol. The van der Waals surface area contributed by atoms with Crippen molar-refractivity contribution in [1.29, 1.82) is 0 Å². The highest BCUT2D eigenvalue weighted by Crippen LogP contribution is 2.51. The molecule has 0 aliphatic heterocycles. The van der Waals surface area contributed by atoms with Crippen LogP contribution in [0.3, 0.4) is 0 Å². The van der Waals surface area contributed by atoms with Crippen LogP contribution in [0, 0.1) is 0 Å². The van der Waals surface area contributed by atoms with Crippen molar-refractivity contribution in [3.05, 3.63) is 132 Å². The molecule has 38 heavy (non-hydrogen) atoms. The first-order valence-corrected chi connectivity index (χ1v) is 14.1. The summed E-state index contributed by atoms with van der Waals surface area (Å²) in [6, 6.07) is 45.1. The molecule has 1 aromatic heterocycles. The lowest BCUT2D eigenvalue weighted by Gasteiger charge is -2.22. The van der Waals surface area contributed by atoms with Crippen LogP contribution < -0.4 is 0 Å². The summed E-state index contributed by atoms with van der Waals surface area (Å²) in [6.07, 6.45) is 0. The number of hydrogen-bond acceptors (Lipinski definition) is 1. The topological polar surface area (TPSA) is 0 Å². The number of thiophene rings is 1. The van der Waals surface area contributed by atoms with E-state index in [1.807, 2.05) is 11.3 Å². The van der Waals surface area contributed by atoms with Gasteiger partial charge in [0.1, 0.15) is 0 Å². The van der Waals surface area contributed by atoms with Crippen molar-refractivity contribution in [2.24, 2.45) is 0 Å². The summed E-state index contributed by atoms with van der Waals surface area (Å²) < 4.78 is 2.71. The lowest BCUT2D eigenvalue weighted by atomic mass is 9.81. The van der Waals surface area contributed by atoms with Crippen molar-refractivity contribution in [3.8, 4) is 33.4 Å². The molecule has 6 aromatic carbocycles. The Morgan fingerprint density at radius 2 is 1.16 bits per heavy atom. The van der Waals surface area contributed by atoms with Gasteiger partial charge >= 0.3 is 0 Å². The summed E-state index contributed by atoms with van der Waals surface area (Å²) in [5, 5.41) is 5.31. The van der Waals surface area contributed by atoms with Crippen LogP contribution in [0.1, 0.15) is 25.0 Å². The standard InChI is InChI=1S/C37H26S/c1-37(2)33-22-26(17-18-29(33)32-20-24-9-3-4-10-25(24)21-34(32)37)23-11-7-12-27(19-23)28-14-8-15-31-30-13-5-6-16-35(30)38-36(28)31/h3-22H,1-2H3. The van der Waals surface area contributed by atoms with Gasteiger partial charge < -0.3 is 0 Å². The van der Waals surface area contributed by atoms with E-state index in [0.717, 1.165) is 0 Å². The number of rotatable bonds is 2. The highest BCUT2D eigenvalue weighted by Gasteiger charge is 2.35. The van der Waals surface area contributed by atoms with Crippen LogP contribution in [0.2, 0.25) is 0 Å². The second-order valence-corrected chi connectivity index (χ2v) is 12.0. The van der Waals surface area contributed by atoms with Crippen LogP contribution in [-0.2, 0) is 5.41 Å². The van der Waals surface area contributed by atoms with E-state index in [9.17, 15) is 0 Å². The molecule has 0 unspecified atom stereocenters. The normalized spacial score (nSPS) is 13.7. The maximum atomic E-state index is 2.43. The lowest BCUT2D eigenvalue weighted by molar-refractivity contribution is 0.661. The van der Waals surface area contributed by atoms with Crippen molar-refractivity contribution >= 4 is 42.3 Å². The highest BCUT2D eigenvalue weighted by atomic mass is 32.1. The molecule has 0 nitrogen and oxygen atoms in total. The molecule has 0 atom stereocenters. The average Bonchev–Trinajstić information content (AvgIpc) is 3.44. The smallest absolute Gasteiger partial charge is 0.0433 e. The van der Waals surface area contributed by atoms with Crippen LogP contribution >= 0.6 is 11.3 Å². The van der Waals surface area contributed by atoms with E-state index in [1.54, 1.807) is 0 Å². The maximum Gasteiger partial charge on any atom is 0.0433 e. The molecule has 0 saturated carbocycles. The Labute approximate surface area is 226 Å². The third kappa shape index (κ3) is 3.09. The third-order valence-corrected chi connectivity index (χ3v) is 9.67. The summed E-state index contributed by atoms with van der Waals surface area (Å²) in [5.74, 6) is 0. The molecule has 7 aromatic rings. The largest absolute Gasteiger partial charge is 0.135 e. The quantitative estimate of drug-likeness (QED) is 0.220. The van der Waals surface area contributed by atoms with Gasteiger partial charge in [0.15, 0.2) is 0 Å². The molecule has 0 bridgehead atoms. The molecule has 1 heterocycles. The molecular formula is C37H26S. The predicted octanol–water partition coefficient (Wildman–Crippen LogP) is 10.8. The monoisotopic (exact) mass is 502 g/mol. The van der Waals surface area contributed by atoms with E-state index < -0.39 is 0 Å². The Hall–Kier alpha value is -4.20. The van der Waals surface area contributed by atoms with Gasteiger partial charge in [-0.1, -0.05) is 105 Å². The molecule has 8 rings (SSSR count). The minimum absolute atomic E-state index is 0.0367. The molecule has 0 spiro atoms. The van der Waals surface area contributed by atoms with E-state index >= 15 is 0 Å². The molecule has 1 aliphatic rings. The molecule has 0 N–H and O–H groups in total. The molecule has 0 amide bonds. The summed E-state index contributed by atoms with van der Waals surface area (Å²) >= 11 is 1.89. The summed E-state index contributed by atoms with van der Waals surface area (Å²) in [6.45, 7) is 4.74. The number of hydrogen-bond donors (Lipinski definition) is 0. The zero-order valence-electron chi connectivity index (χ0n) is 21.5. The summed E-state index contributed by atoms with van der Waals surface area (Å²) in [7, 11) is 0. The van der Waals surface area contributed by atoms with Gasteiger partial charge in [0, 0.05) is 25.6 Å². The number of fused-ring (bicyclic) bond motifs is 7. The van der Waals surface area contributed by atoms with Gasteiger partial charge in [0.25, 0.3) is 0 Å². The lowest BCUT2D eigenvalue weighted by Crippen LogP contribution is -2.15. The molecule has 0 radical (unpaired) electrons. The van der Waals surface area contributed by atoms with Crippen LogP contribution in [0.25, 0.3) is 64.3 Å². The van der Waals surface area contributed by atoms with Crippen molar-refractivity contribution in [3.63, 3.8) is 0 Å². The van der Waals surface area contributed by atoms with E-state index in [1.165, 1.54) is 75.5 Å². The molecule has 1 aliphatic carbocycles. The first-order chi connectivity index (χ1) is 18.6. The van der Waals surface area contributed by atoms with E-state index in [-0.39, 0.29) is 5.41 Å². The first kappa shape index (κ1) is 21.8. The van der Waals surface area contributed by atoms with Crippen molar-refractivity contribution in [2.75, 3.05) is 0 Å².